The largest absolute Gasteiger partial charge is 0.354 e. The third-order valence-electron chi connectivity index (χ3n) is 2.50. The van der Waals surface area contributed by atoms with E-state index in [0.717, 1.165) is 4.47 Å². The van der Waals surface area contributed by atoms with E-state index >= 15 is 0 Å². The predicted octanol–water partition coefficient (Wildman–Crippen LogP) is 0.581. The molecule has 2 rings (SSSR count). The molecule has 0 fully saturated rings. The van der Waals surface area contributed by atoms with Gasteiger partial charge in [0.05, 0.1) is 0 Å². The number of aromatic nitrogens is 4. The fraction of sp³-hybridized carbons (Fsp3) is 0.250. The summed E-state index contributed by atoms with van der Waals surface area (Å²) in [6, 6.07) is 7.25. The lowest BCUT2D eigenvalue weighted by atomic mass is 10.3. The molecule has 0 aliphatic heterocycles. The predicted molar refractivity (Wildman–Crippen MR) is 78.2 cm³/mol. The number of nitrogens with one attached hydrogen (secondary N) is 2. The number of carbonyl (C=O) groups is 2. The van der Waals surface area contributed by atoms with Crippen molar-refractivity contribution in [1.29, 1.82) is 0 Å². The van der Waals surface area contributed by atoms with Crippen molar-refractivity contribution >= 4 is 33.4 Å². The van der Waals surface area contributed by atoms with Crippen LogP contribution in [0.1, 0.15) is 6.42 Å². The molecule has 0 unspecified atom stereocenters. The Bertz CT molecular complexity index is 599. The van der Waals surface area contributed by atoms with Gasteiger partial charge in [-0.2, -0.15) is 0 Å². The molecule has 0 saturated heterocycles. The normalized spacial score (nSPS) is 10.1. The molecule has 2 N–H and O–H groups in total. The minimum atomic E-state index is -0.251. The van der Waals surface area contributed by atoms with Gasteiger partial charge in [0.1, 0.15) is 12.9 Å². The van der Waals surface area contributed by atoms with E-state index in [9.17, 15) is 9.59 Å². The molecular formula is C12H13BrN6O2. The first kappa shape index (κ1) is 15.1. The van der Waals surface area contributed by atoms with Crippen LogP contribution in [-0.2, 0) is 16.1 Å². The number of anilines is 1. The average molecular weight is 353 g/mol. The SMILES string of the molecule is O=C(Cn1cnnn1)NCCC(=O)Nc1ccc(Br)cc1. The van der Waals surface area contributed by atoms with Crippen LogP contribution >= 0.6 is 15.9 Å². The lowest BCUT2D eigenvalue weighted by Gasteiger charge is -2.06. The zero-order valence-corrected chi connectivity index (χ0v) is 12.6. The van der Waals surface area contributed by atoms with Gasteiger partial charge in [-0.25, -0.2) is 4.68 Å². The molecule has 110 valence electrons. The van der Waals surface area contributed by atoms with Gasteiger partial charge in [-0.05, 0) is 34.7 Å². The molecule has 1 heterocycles. The van der Waals surface area contributed by atoms with Crippen LogP contribution in [0, 0.1) is 0 Å². The fourth-order valence-electron chi connectivity index (χ4n) is 1.53. The van der Waals surface area contributed by atoms with Crippen LogP contribution in [0.5, 0.6) is 0 Å². The summed E-state index contributed by atoms with van der Waals surface area (Å²) < 4.78 is 2.24. The molecule has 0 aliphatic carbocycles. The zero-order valence-electron chi connectivity index (χ0n) is 11.0. The molecule has 0 saturated carbocycles. The van der Waals surface area contributed by atoms with E-state index < -0.39 is 0 Å². The third-order valence-corrected chi connectivity index (χ3v) is 3.03. The van der Waals surface area contributed by atoms with Gasteiger partial charge >= 0.3 is 0 Å². The highest BCUT2D eigenvalue weighted by Gasteiger charge is 2.06. The summed E-state index contributed by atoms with van der Waals surface area (Å²) in [6.45, 7) is 0.282. The zero-order chi connectivity index (χ0) is 15.1. The lowest BCUT2D eigenvalue weighted by Crippen LogP contribution is -2.30. The number of hydrogen-bond acceptors (Lipinski definition) is 5. The van der Waals surface area contributed by atoms with Gasteiger partial charge < -0.3 is 10.6 Å². The fourth-order valence-corrected chi connectivity index (χ4v) is 1.79. The molecule has 8 nitrogen and oxygen atoms in total. The van der Waals surface area contributed by atoms with Crippen LogP contribution in [-0.4, -0.2) is 38.6 Å². The molecule has 0 radical (unpaired) electrons. The van der Waals surface area contributed by atoms with Crippen LogP contribution in [0.25, 0.3) is 0 Å². The maximum atomic E-state index is 11.7. The number of tetrazole rings is 1. The Labute approximate surface area is 129 Å². The van der Waals surface area contributed by atoms with Crippen molar-refractivity contribution in [2.24, 2.45) is 0 Å². The molecule has 0 bridgehead atoms. The van der Waals surface area contributed by atoms with Crippen molar-refractivity contribution in [3.05, 3.63) is 35.1 Å². The summed E-state index contributed by atoms with van der Waals surface area (Å²) >= 11 is 3.32. The standard InChI is InChI=1S/C12H13BrN6O2/c13-9-1-3-10(4-2-9)16-11(20)5-6-14-12(21)7-19-8-15-17-18-19/h1-4,8H,5-7H2,(H,14,21)(H,16,20). The topological polar surface area (TPSA) is 102 Å². The van der Waals surface area contributed by atoms with E-state index in [1.165, 1.54) is 11.0 Å². The number of amides is 2. The van der Waals surface area contributed by atoms with E-state index in [4.69, 9.17) is 0 Å². The maximum absolute atomic E-state index is 11.7. The van der Waals surface area contributed by atoms with Gasteiger partial charge in [-0.3, -0.25) is 9.59 Å². The molecule has 0 atom stereocenters. The summed E-state index contributed by atoms with van der Waals surface area (Å²) in [7, 11) is 0. The van der Waals surface area contributed by atoms with Crippen LogP contribution < -0.4 is 10.6 Å². The minimum absolute atomic E-state index is 0.0291. The summed E-state index contributed by atoms with van der Waals surface area (Å²) in [6.07, 6.45) is 1.54. The van der Waals surface area contributed by atoms with Crippen molar-refractivity contribution in [1.82, 2.24) is 25.5 Å². The summed E-state index contributed by atoms with van der Waals surface area (Å²) in [5.41, 5.74) is 0.711. The van der Waals surface area contributed by atoms with E-state index in [1.807, 2.05) is 12.1 Å². The smallest absolute Gasteiger partial charge is 0.241 e. The van der Waals surface area contributed by atoms with Gasteiger partial charge in [0, 0.05) is 23.1 Å². The third kappa shape index (κ3) is 5.30. The van der Waals surface area contributed by atoms with Crippen molar-refractivity contribution in [2.45, 2.75) is 13.0 Å². The monoisotopic (exact) mass is 352 g/mol. The number of nitrogens with zero attached hydrogens (tertiary/aromatic N) is 4. The molecule has 2 amide bonds. The molecular weight excluding hydrogens is 340 g/mol. The summed E-state index contributed by atoms with van der Waals surface area (Å²) in [4.78, 5) is 23.2. The van der Waals surface area contributed by atoms with Gasteiger partial charge in [0.2, 0.25) is 11.8 Å². The average Bonchev–Trinajstić information content (AvgIpc) is 2.94. The van der Waals surface area contributed by atoms with Crippen molar-refractivity contribution in [2.75, 3.05) is 11.9 Å². The number of benzene rings is 1. The quantitative estimate of drug-likeness (QED) is 0.791. The van der Waals surface area contributed by atoms with Crippen molar-refractivity contribution in [3.8, 4) is 0 Å². The Kier molecular flexibility index (Phi) is 5.38. The van der Waals surface area contributed by atoms with Crippen LogP contribution in [0.4, 0.5) is 5.69 Å². The second-order valence-corrected chi connectivity index (χ2v) is 5.08. The first-order valence-corrected chi connectivity index (χ1v) is 6.95. The molecule has 0 spiro atoms. The van der Waals surface area contributed by atoms with E-state index in [2.05, 4.69) is 42.1 Å². The van der Waals surface area contributed by atoms with Crippen molar-refractivity contribution < 1.29 is 9.59 Å². The first-order chi connectivity index (χ1) is 10.1. The number of rotatable bonds is 6. The van der Waals surface area contributed by atoms with E-state index in [1.54, 1.807) is 12.1 Å². The lowest BCUT2D eigenvalue weighted by molar-refractivity contribution is -0.122. The van der Waals surface area contributed by atoms with Crippen LogP contribution in [0.3, 0.4) is 0 Å². The second kappa shape index (κ2) is 7.48. The number of carbonyl (C=O) groups excluding carboxylic acids is 2. The molecule has 21 heavy (non-hydrogen) atoms. The van der Waals surface area contributed by atoms with Gasteiger partial charge in [-0.1, -0.05) is 15.9 Å². The molecule has 1 aromatic carbocycles. The van der Waals surface area contributed by atoms with Gasteiger partial charge in [0.15, 0.2) is 0 Å². The Morgan fingerprint density at radius 1 is 1.19 bits per heavy atom. The number of hydrogen-bond donors (Lipinski definition) is 2. The molecule has 1 aromatic heterocycles. The summed E-state index contributed by atoms with van der Waals surface area (Å²) in [5, 5.41) is 15.8. The Balaban J connectivity index is 1.67. The van der Waals surface area contributed by atoms with Crippen LogP contribution in [0.15, 0.2) is 35.1 Å². The Morgan fingerprint density at radius 2 is 1.95 bits per heavy atom. The Morgan fingerprint density at radius 3 is 2.62 bits per heavy atom. The van der Waals surface area contributed by atoms with Crippen LogP contribution in [0.2, 0.25) is 0 Å². The highest BCUT2D eigenvalue weighted by atomic mass is 79.9. The second-order valence-electron chi connectivity index (χ2n) is 4.16. The molecule has 9 heteroatoms. The van der Waals surface area contributed by atoms with Crippen molar-refractivity contribution in [3.63, 3.8) is 0 Å². The minimum Gasteiger partial charge on any atom is -0.354 e. The van der Waals surface area contributed by atoms with E-state index in [-0.39, 0.29) is 31.3 Å². The summed E-state index contributed by atoms with van der Waals surface area (Å²) in [5.74, 6) is -0.418. The highest BCUT2D eigenvalue weighted by molar-refractivity contribution is 9.10. The highest BCUT2D eigenvalue weighted by Crippen LogP contribution is 2.14. The van der Waals surface area contributed by atoms with Gasteiger partial charge in [0.25, 0.3) is 0 Å². The maximum Gasteiger partial charge on any atom is 0.241 e. The Hall–Kier alpha value is -2.29. The van der Waals surface area contributed by atoms with E-state index in [0.29, 0.717) is 5.69 Å². The molecule has 0 aliphatic rings. The van der Waals surface area contributed by atoms with Gasteiger partial charge in [-0.15, -0.1) is 5.10 Å². The molecule has 2 aromatic rings. The first-order valence-electron chi connectivity index (χ1n) is 6.16. The number of halogens is 1.